The number of fused-ring (bicyclic) bond motifs is 1. The molecule has 4 amide bonds. The zero-order valence-corrected chi connectivity index (χ0v) is 20.9. The third kappa shape index (κ3) is 4.68. The summed E-state index contributed by atoms with van der Waals surface area (Å²) in [5.74, 6) is -1.46. The first-order valence-electron chi connectivity index (χ1n) is 11.3. The first-order chi connectivity index (χ1) is 17.9. The zero-order valence-electron chi connectivity index (χ0n) is 19.3. The number of rotatable bonds is 6. The predicted molar refractivity (Wildman–Crippen MR) is 138 cm³/mol. The van der Waals surface area contributed by atoms with E-state index in [0.717, 1.165) is 22.5 Å². The fraction of sp³-hybridized carbons (Fsp3) is 0.208. The lowest BCUT2D eigenvalue weighted by Gasteiger charge is -2.36. The standard InChI is InChI=1S/C24H20ClN7O4S/c25-18-5-4-17(37-18)22(34)29-15-3-1-2-14-20(15)24(36)32(23(14)35)13-19(33)30-8-10-31(11-9-30)21-16(12-26)27-6-7-28-21/h1-7,12,26H,8-11,13H2,(H,29,34). The molecule has 4 heterocycles. The molecule has 2 aliphatic heterocycles. The highest BCUT2D eigenvalue weighted by atomic mass is 35.5. The van der Waals surface area contributed by atoms with Gasteiger partial charge in [-0.25, -0.2) is 9.97 Å². The van der Waals surface area contributed by atoms with Crippen LogP contribution in [0.4, 0.5) is 11.5 Å². The number of nitrogens with zero attached hydrogens (tertiary/aromatic N) is 5. The lowest BCUT2D eigenvalue weighted by molar-refractivity contribution is -0.131. The van der Waals surface area contributed by atoms with Gasteiger partial charge in [-0.15, -0.1) is 11.3 Å². The average molecular weight is 538 g/mol. The molecule has 13 heteroatoms. The SMILES string of the molecule is N=Cc1nccnc1N1CCN(C(=O)CN2C(=O)c3cccc(NC(=O)c4ccc(Cl)s4)c3C2=O)CC1. The van der Waals surface area contributed by atoms with Gasteiger partial charge in [0, 0.05) is 44.8 Å². The molecule has 37 heavy (non-hydrogen) atoms. The van der Waals surface area contributed by atoms with Gasteiger partial charge in [0.25, 0.3) is 17.7 Å². The number of amides is 4. The maximum absolute atomic E-state index is 13.2. The Labute approximate surface area is 220 Å². The van der Waals surface area contributed by atoms with Crippen LogP contribution in [-0.4, -0.2) is 82.3 Å². The van der Waals surface area contributed by atoms with E-state index in [1.54, 1.807) is 29.3 Å². The lowest BCUT2D eigenvalue weighted by atomic mass is 10.1. The number of aromatic nitrogens is 2. The topological polar surface area (TPSA) is 140 Å². The number of halogens is 1. The number of nitrogens with one attached hydrogen (secondary N) is 2. The Morgan fingerprint density at radius 3 is 2.51 bits per heavy atom. The maximum atomic E-state index is 13.2. The number of piperazine rings is 1. The summed E-state index contributed by atoms with van der Waals surface area (Å²) in [6.45, 7) is 1.26. The van der Waals surface area contributed by atoms with Gasteiger partial charge in [-0.3, -0.25) is 24.1 Å². The van der Waals surface area contributed by atoms with E-state index >= 15 is 0 Å². The van der Waals surface area contributed by atoms with Crippen molar-refractivity contribution in [3.8, 4) is 0 Å². The van der Waals surface area contributed by atoms with Crippen molar-refractivity contribution in [2.45, 2.75) is 0 Å². The Kier molecular flexibility index (Phi) is 6.68. The quantitative estimate of drug-likeness (QED) is 0.363. The van der Waals surface area contributed by atoms with Crippen molar-refractivity contribution in [3.05, 3.63) is 68.8 Å². The van der Waals surface area contributed by atoms with E-state index in [9.17, 15) is 19.2 Å². The minimum Gasteiger partial charge on any atom is -0.351 e. The van der Waals surface area contributed by atoms with Crippen LogP contribution in [0, 0.1) is 5.41 Å². The summed E-state index contributed by atoms with van der Waals surface area (Å²) in [6, 6.07) is 7.77. The molecule has 0 aliphatic carbocycles. The van der Waals surface area contributed by atoms with Gasteiger partial charge in [-0.1, -0.05) is 17.7 Å². The van der Waals surface area contributed by atoms with Crippen LogP contribution in [-0.2, 0) is 4.79 Å². The van der Waals surface area contributed by atoms with E-state index in [1.807, 2.05) is 4.90 Å². The monoisotopic (exact) mass is 537 g/mol. The van der Waals surface area contributed by atoms with Crippen LogP contribution in [0.5, 0.6) is 0 Å². The third-order valence-corrected chi connectivity index (χ3v) is 7.34. The molecule has 0 unspecified atom stereocenters. The Balaban J connectivity index is 1.26. The summed E-state index contributed by atoms with van der Waals surface area (Å²) >= 11 is 7.00. The number of hydrogen-bond donors (Lipinski definition) is 2. The largest absolute Gasteiger partial charge is 0.351 e. The molecular weight excluding hydrogens is 518 g/mol. The van der Waals surface area contributed by atoms with Gasteiger partial charge in [0.2, 0.25) is 5.91 Å². The molecule has 11 nitrogen and oxygen atoms in total. The second kappa shape index (κ2) is 10.1. The van der Waals surface area contributed by atoms with E-state index < -0.39 is 24.3 Å². The Bertz CT molecular complexity index is 1430. The fourth-order valence-electron chi connectivity index (χ4n) is 4.29. The Morgan fingerprint density at radius 2 is 1.81 bits per heavy atom. The molecular formula is C24H20ClN7O4S. The highest BCUT2D eigenvalue weighted by molar-refractivity contribution is 7.18. The first kappa shape index (κ1) is 24.5. The van der Waals surface area contributed by atoms with Crippen LogP contribution in [0.2, 0.25) is 4.34 Å². The summed E-state index contributed by atoms with van der Waals surface area (Å²) in [4.78, 5) is 65.1. The van der Waals surface area contributed by atoms with Gasteiger partial charge in [0.1, 0.15) is 12.2 Å². The molecule has 188 valence electrons. The maximum Gasteiger partial charge on any atom is 0.265 e. The van der Waals surface area contributed by atoms with Crippen molar-refractivity contribution in [1.82, 2.24) is 19.8 Å². The number of carbonyl (C=O) groups is 4. The zero-order chi connectivity index (χ0) is 26.1. The molecule has 3 aromatic rings. The number of hydrogen-bond acceptors (Lipinski definition) is 9. The fourth-order valence-corrected chi connectivity index (χ4v) is 5.23. The molecule has 0 atom stereocenters. The average Bonchev–Trinajstić information content (AvgIpc) is 3.46. The Morgan fingerprint density at radius 1 is 1.05 bits per heavy atom. The highest BCUT2D eigenvalue weighted by Crippen LogP contribution is 2.31. The van der Waals surface area contributed by atoms with Crippen LogP contribution < -0.4 is 10.2 Å². The van der Waals surface area contributed by atoms with E-state index in [-0.39, 0.29) is 22.7 Å². The summed E-state index contributed by atoms with van der Waals surface area (Å²) in [7, 11) is 0. The number of carbonyl (C=O) groups excluding carboxylic acids is 4. The summed E-state index contributed by atoms with van der Waals surface area (Å²) in [6.07, 6.45) is 4.20. The number of imide groups is 1. The Hall–Kier alpha value is -4.16. The molecule has 2 aromatic heterocycles. The number of anilines is 2. The minimum absolute atomic E-state index is 0.0583. The van der Waals surface area contributed by atoms with Gasteiger partial charge < -0.3 is 20.5 Å². The van der Waals surface area contributed by atoms with Gasteiger partial charge in [0.05, 0.1) is 26.0 Å². The van der Waals surface area contributed by atoms with E-state index in [2.05, 4.69) is 15.3 Å². The van der Waals surface area contributed by atoms with Crippen molar-refractivity contribution >= 4 is 64.3 Å². The molecule has 0 saturated carbocycles. The molecule has 1 aromatic carbocycles. The smallest absolute Gasteiger partial charge is 0.265 e. The minimum atomic E-state index is -0.637. The molecule has 2 N–H and O–H groups in total. The third-order valence-electron chi connectivity index (χ3n) is 6.11. The van der Waals surface area contributed by atoms with E-state index in [1.165, 1.54) is 18.3 Å². The normalized spacial score (nSPS) is 15.1. The van der Waals surface area contributed by atoms with Crippen LogP contribution in [0.1, 0.15) is 36.1 Å². The van der Waals surface area contributed by atoms with Gasteiger partial charge in [-0.2, -0.15) is 0 Å². The molecule has 0 bridgehead atoms. The summed E-state index contributed by atoms with van der Waals surface area (Å²) in [5, 5.41) is 10.2. The van der Waals surface area contributed by atoms with Gasteiger partial charge in [-0.05, 0) is 24.3 Å². The van der Waals surface area contributed by atoms with E-state index in [0.29, 0.717) is 46.9 Å². The first-order valence-corrected chi connectivity index (χ1v) is 12.5. The van der Waals surface area contributed by atoms with Crippen molar-refractivity contribution in [2.24, 2.45) is 0 Å². The van der Waals surface area contributed by atoms with Crippen LogP contribution in [0.15, 0.2) is 42.7 Å². The molecule has 0 spiro atoms. The van der Waals surface area contributed by atoms with E-state index in [4.69, 9.17) is 17.0 Å². The molecule has 0 radical (unpaired) electrons. The van der Waals surface area contributed by atoms with Gasteiger partial charge in [0.15, 0.2) is 5.82 Å². The number of thiophene rings is 1. The molecule has 2 aliphatic rings. The van der Waals surface area contributed by atoms with Crippen LogP contribution >= 0.6 is 22.9 Å². The van der Waals surface area contributed by atoms with Crippen molar-refractivity contribution < 1.29 is 19.2 Å². The summed E-state index contributed by atoms with van der Waals surface area (Å²) < 4.78 is 0.451. The number of benzene rings is 1. The lowest BCUT2D eigenvalue weighted by Crippen LogP contribution is -2.52. The van der Waals surface area contributed by atoms with Crippen LogP contribution in [0.3, 0.4) is 0 Å². The molecule has 1 saturated heterocycles. The van der Waals surface area contributed by atoms with Gasteiger partial charge >= 0.3 is 0 Å². The van der Waals surface area contributed by atoms with Crippen molar-refractivity contribution in [2.75, 3.05) is 42.9 Å². The summed E-state index contributed by atoms with van der Waals surface area (Å²) in [5.41, 5.74) is 0.827. The van der Waals surface area contributed by atoms with Crippen molar-refractivity contribution in [1.29, 1.82) is 5.41 Å². The molecule has 5 rings (SSSR count). The predicted octanol–water partition coefficient (Wildman–Crippen LogP) is 2.39. The highest BCUT2D eigenvalue weighted by Gasteiger charge is 2.39. The van der Waals surface area contributed by atoms with Crippen LogP contribution in [0.25, 0.3) is 0 Å². The van der Waals surface area contributed by atoms with Crippen molar-refractivity contribution in [3.63, 3.8) is 0 Å². The molecule has 1 fully saturated rings. The second-order valence-corrected chi connectivity index (χ2v) is 9.97. The second-order valence-electron chi connectivity index (χ2n) is 8.26.